The van der Waals surface area contributed by atoms with E-state index in [4.69, 9.17) is 0 Å². The fourth-order valence-corrected chi connectivity index (χ4v) is 3.26. The molecule has 0 saturated carbocycles. The molecule has 4 nitrogen and oxygen atoms in total. The molecule has 0 bridgehead atoms. The summed E-state index contributed by atoms with van der Waals surface area (Å²) in [6, 6.07) is 9.62. The minimum Gasteiger partial charge on any atom is -0.339 e. The van der Waals surface area contributed by atoms with E-state index in [1.807, 2.05) is 34.4 Å². The van der Waals surface area contributed by atoms with Crippen LogP contribution in [0.25, 0.3) is 0 Å². The van der Waals surface area contributed by atoms with Crippen LogP contribution in [0.2, 0.25) is 0 Å². The molecule has 130 valence electrons. The molecule has 1 fully saturated rings. The molecule has 1 saturated heterocycles. The van der Waals surface area contributed by atoms with Crippen molar-refractivity contribution in [1.82, 2.24) is 4.90 Å². The zero-order valence-corrected chi connectivity index (χ0v) is 16.0. The number of hydrogen-bond acceptors (Lipinski definition) is 2. The van der Waals surface area contributed by atoms with E-state index < -0.39 is 11.7 Å². The Kier molecular flexibility index (Phi) is 5.36. The van der Waals surface area contributed by atoms with E-state index in [2.05, 4.69) is 5.32 Å². The fraction of sp³-hybridized carbons (Fsp3) is 0.263. The van der Waals surface area contributed by atoms with Crippen molar-refractivity contribution in [3.8, 4) is 0 Å². The lowest BCUT2D eigenvalue weighted by molar-refractivity contribution is 0.0791. The van der Waals surface area contributed by atoms with Gasteiger partial charge >= 0.3 is 0 Å². The Morgan fingerprint density at radius 2 is 1.88 bits per heavy atom. The van der Waals surface area contributed by atoms with Crippen molar-refractivity contribution in [2.75, 3.05) is 18.4 Å². The summed E-state index contributed by atoms with van der Waals surface area (Å²) in [5.74, 6) is -0.835. The molecule has 1 N–H and O–H groups in total. The molecule has 0 spiro atoms. The lowest BCUT2D eigenvalue weighted by Gasteiger charge is -2.18. The van der Waals surface area contributed by atoms with E-state index in [9.17, 15) is 14.0 Å². The van der Waals surface area contributed by atoms with Crippen LogP contribution in [0, 0.1) is 16.3 Å². The van der Waals surface area contributed by atoms with Gasteiger partial charge in [0.25, 0.3) is 11.8 Å². The molecule has 2 aromatic carbocycles. The molecule has 3 rings (SSSR count). The number of halogens is 2. The zero-order valence-electron chi connectivity index (χ0n) is 13.8. The van der Waals surface area contributed by atoms with Crippen molar-refractivity contribution in [3.63, 3.8) is 0 Å². The van der Waals surface area contributed by atoms with Gasteiger partial charge in [-0.1, -0.05) is 6.07 Å². The molecule has 2 amide bonds. The van der Waals surface area contributed by atoms with Crippen LogP contribution in [-0.4, -0.2) is 29.8 Å². The molecular formula is C19H18FIN2O2. The average molecular weight is 452 g/mol. The van der Waals surface area contributed by atoms with E-state index in [0.29, 0.717) is 14.8 Å². The molecule has 2 aromatic rings. The topological polar surface area (TPSA) is 49.4 Å². The first-order valence-corrected chi connectivity index (χ1v) is 9.20. The van der Waals surface area contributed by atoms with Gasteiger partial charge in [0.1, 0.15) is 5.82 Å². The van der Waals surface area contributed by atoms with E-state index >= 15 is 0 Å². The van der Waals surface area contributed by atoms with E-state index in [1.54, 1.807) is 30.3 Å². The van der Waals surface area contributed by atoms with Gasteiger partial charge in [0.2, 0.25) is 0 Å². The van der Waals surface area contributed by atoms with Gasteiger partial charge in [-0.15, -0.1) is 0 Å². The standard InChI is InChI=1S/C19H18FIN2O2/c1-12-14(19(25)23-9-2-3-10-23)5-4-6-17(12)22-18(24)13-7-8-16(21)15(20)11-13/h4-8,11H,2-3,9-10H2,1H3,(H,22,24). The Labute approximate surface area is 159 Å². The molecule has 1 aliphatic heterocycles. The first kappa shape index (κ1) is 17.8. The number of nitrogens with zero attached hydrogens (tertiary/aromatic N) is 1. The van der Waals surface area contributed by atoms with Crippen LogP contribution in [0.5, 0.6) is 0 Å². The number of benzene rings is 2. The lowest BCUT2D eigenvalue weighted by Crippen LogP contribution is -2.28. The maximum Gasteiger partial charge on any atom is 0.255 e. The number of nitrogens with one attached hydrogen (secondary N) is 1. The molecule has 0 atom stereocenters. The molecule has 25 heavy (non-hydrogen) atoms. The Morgan fingerprint density at radius 1 is 1.16 bits per heavy atom. The third-order valence-electron chi connectivity index (χ3n) is 4.39. The minimum absolute atomic E-state index is 0.00796. The van der Waals surface area contributed by atoms with Crippen molar-refractivity contribution in [2.45, 2.75) is 19.8 Å². The zero-order chi connectivity index (χ0) is 18.0. The van der Waals surface area contributed by atoms with Crippen LogP contribution in [0.3, 0.4) is 0 Å². The second kappa shape index (κ2) is 7.51. The van der Waals surface area contributed by atoms with Crippen molar-refractivity contribution < 1.29 is 14.0 Å². The maximum absolute atomic E-state index is 13.7. The van der Waals surface area contributed by atoms with Crippen molar-refractivity contribution >= 4 is 40.1 Å². The van der Waals surface area contributed by atoms with Crippen LogP contribution in [-0.2, 0) is 0 Å². The summed E-state index contributed by atoms with van der Waals surface area (Å²) < 4.78 is 14.1. The Hall–Kier alpha value is -1.96. The van der Waals surface area contributed by atoms with Gasteiger partial charge < -0.3 is 10.2 Å². The lowest BCUT2D eigenvalue weighted by atomic mass is 10.0. The fourth-order valence-electron chi connectivity index (χ4n) is 2.93. The van der Waals surface area contributed by atoms with E-state index in [0.717, 1.165) is 31.5 Å². The summed E-state index contributed by atoms with van der Waals surface area (Å²) in [4.78, 5) is 26.8. The molecule has 1 heterocycles. The molecule has 0 aromatic heterocycles. The Morgan fingerprint density at radius 3 is 2.56 bits per heavy atom. The summed E-state index contributed by atoms with van der Waals surface area (Å²) >= 11 is 1.87. The third kappa shape index (κ3) is 3.84. The second-order valence-corrected chi connectivity index (χ2v) is 7.22. The summed E-state index contributed by atoms with van der Waals surface area (Å²) in [6.45, 7) is 3.36. The highest BCUT2D eigenvalue weighted by atomic mass is 127. The van der Waals surface area contributed by atoms with E-state index in [-0.39, 0.29) is 11.5 Å². The van der Waals surface area contributed by atoms with Gasteiger partial charge in [-0.25, -0.2) is 4.39 Å². The number of carbonyl (C=O) groups excluding carboxylic acids is 2. The highest BCUT2D eigenvalue weighted by Crippen LogP contribution is 2.23. The van der Waals surface area contributed by atoms with Crippen molar-refractivity contribution in [1.29, 1.82) is 0 Å². The van der Waals surface area contributed by atoms with Crippen LogP contribution in [0.1, 0.15) is 39.1 Å². The monoisotopic (exact) mass is 452 g/mol. The van der Waals surface area contributed by atoms with Crippen LogP contribution in [0.4, 0.5) is 10.1 Å². The van der Waals surface area contributed by atoms with Crippen molar-refractivity contribution in [3.05, 3.63) is 62.5 Å². The molecule has 1 aliphatic rings. The number of carbonyl (C=O) groups is 2. The largest absolute Gasteiger partial charge is 0.339 e. The predicted molar refractivity (Wildman–Crippen MR) is 103 cm³/mol. The van der Waals surface area contributed by atoms with Crippen LogP contribution in [0.15, 0.2) is 36.4 Å². The molecule has 0 radical (unpaired) electrons. The Balaban J connectivity index is 1.82. The van der Waals surface area contributed by atoms with Gasteiger partial charge in [-0.3, -0.25) is 9.59 Å². The van der Waals surface area contributed by atoms with Gasteiger partial charge in [-0.2, -0.15) is 0 Å². The maximum atomic E-state index is 13.7. The predicted octanol–water partition coefficient (Wildman–Crippen LogP) is 4.23. The van der Waals surface area contributed by atoms with Gasteiger partial charge in [0.05, 0.1) is 0 Å². The van der Waals surface area contributed by atoms with Gasteiger partial charge in [0.15, 0.2) is 0 Å². The molecule has 0 aliphatic carbocycles. The number of likely N-dealkylation sites (tertiary alicyclic amines) is 1. The summed E-state index contributed by atoms with van der Waals surface area (Å²) in [5.41, 5.74) is 2.12. The molecular weight excluding hydrogens is 434 g/mol. The van der Waals surface area contributed by atoms with Crippen LogP contribution >= 0.6 is 22.6 Å². The quantitative estimate of drug-likeness (QED) is 0.709. The average Bonchev–Trinajstić information content (AvgIpc) is 3.13. The number of hydrogen-bond donors (Lipinski definition) is 1. The number of amides is 2. The van der Waals surface area contributed by atoms with Crippen LogP contribution < -0.4 is 5.32 Å². The summed E-state index contributed by atoms with van der Waals surface area (Å²) in [5, 5.41) is 2.78. The SMILES string of the molecule is Cc1c(NC(=O)c2ccc(I)c(F)c2)cccc1C(=O)N1CCCC1. The van der Waals surface area contributed by atoms with Crippen molar-refractivity contribution in [2.24, 2.45) is 0 Å². The Bertz CT molecular complexity index is 832. The first-order chi connectivity index (χ1) is 12.0. The van der Waals surface area contributed by atoms with Gasteiger partial charge in [-0.05, 0) is 78.3 Å². The third-order valence-corrected chi connectivity index (χ3v) is 5.26. The summed E-state index contributed by atoms with van der Waals surface area (Å²) in [6.07, 6.45) is 2.05. The second-order valence-electron chi connectivity index (χ2n) is 6.06. The van der Waals surface area contributed by atoms with E-state index in [1.165, 1.54) is 6.07 Å². The highest BCUT2D eigenvalue weighted by molar-refractivity contribution is 14.1. The summed E-state index contributed by atoms with van der Waals surface area (Å²) in [7, 11) is 0. The number of rotatable bonds is 3. The molecule has 0 unspecified atom stereocenters. The normalized spacial score (nSPS) is 13.8. The number of anilines is 1. The van der Waals surface area contributed by atoms with Gasteiger partial charge in [0, 0.05) is 33.5 Å². The minimum atomic E-state index is -0.428. The molecule has 6 heteroatoms. The first-order valence-electron chi connectivity index (χ1n) is 8.12. The smallest absolute Gasteiger partial charge is 0.255 e. The highest BCUT2D eigenvalue weighted by Gasteiger charge is 2.22.